The molecular weight excluding hydrogens is 432 g/mol. The molecular formula is C31H28N2O2. The first-order valence-corrected chi connectivity index (χ1v) is 12.3. The molecule has 3 aromatic carbocycles. The van der Waals surface area contributed by atoms with Gasteiger partial charge in [0.05, 0.1) is 11.0 Å². The van der Waals surface area contributed by atoms with Crippen LogP contribution in [-0.2, 0) is 18.5 Å². The Balaban J connectivity index is 1.79. The minimum atomic E-state index is -0.731. The van der Waals surface area contributed by atoms with Crippen molar-refractivity contribution < 1.29 is 4.42 Å². The fourth-order valence-corrected chi connectivity index (χ4v) is 5.66. The van der Waals surface area contributed by atoms with Gasteiger partial charge in [0.1, 0.15) is 5.58 Å². The molecule has 0 radical (unpaired) electrons. The van der Waals surface area contributed by atoms with E-state index in [0.29, 0.717) is 11.1 Å². The molecule has 6 aromatic rings. The van der Waals surface area contributed by atoms with Crippen LogP contribution in [-0.4, -0.2) is 9.13 Å². The highest BCUT2D eigenvalue weighted by Gasteiger charge is 2.39. The lowest BCUT2D eigenvalue weighted by Gasteiger charge is -2.29. The van der Waals surface area contributed by atoms with Gasteiger partial charge in [-0.1, -0.05) is 54.6 Å². The molecule has 0 aliphatic carbocycles. The van der Waals surface area contributed by atoms with Gasteiger partial charge in [0.25, 0.3) is 0 Å². The molecule has 0 N–H and O–H groups in total. The molecule has 4 heteroatoms. The van der Waals surface area contributed by atoms with E-state index < -0.39 is 5.41 Å². The largest absolute Gasteiger partial charge is 0.422 e. The standard InChI is InChI=1S/C31H28N2O2/c1-4-32-19-25(22-13-7-9-15-27(22)32)31(3,24-18-21-12-6-11-17-29(21)35-30(24)34)26-20-33(5-2)28-16-10-8-14-23(26)28/h6-20H,4-5H2,1-3H3. The first kappa shape index (κ1) is 21.5. The van der Waals surface area contributed by atoms with E-state index in [0.717, 1.165) is 40.4 Å². The van der Waals surface area contributed by atoms with Crippen molar-refractivity contribution in [1.82, 2.24) is 9.13 Å². The Morgan fingerprint density at radius 1 is 0.714 bits per heavy atom. The number of aryl methyl sites for hydroxylation is 2. The van der Waals surface area contributed by atoms with Crippen LogP contribution >= 0.6 is 0 Å². The van der Waals surface area contributed by atoms with Crippen molar-refractivity contribution in [3.05, 3.63) is 118 Å². The summed E-state index contributed by atoms with van der Waals surface area (Å²) in [6.07, 6.45) is 4.44. The van der Waals surface area contributed by atoms with Crippen LogP contribution in [0.4, 0.5) is 0 Å². The number of fused-ring (bicyclic) bond motifs is 3. The van der Waals surface area contributed by atoms with Gasteiger partial charge >= 0.3 is 5.63 Å². The molecule has 35 heavy (non-hydrogen) atoms. The molecule has 0 saturated carbocycles. The predicted molar refractivity (Wildman–Crippen MR) is 143 cm³/mol. The van der Waals surface area contributed by atoms with Crippen molar-refractivity contribution in [2.45, 2.75) is 39.3 Å². The summed E-state index contributed by atoms with van der Waals surface area (Å²) in [5.41, 5.74) is 4.77. The van der Waals surface area contributed by atoms with Crippen LogP contribution in [0.15, 0.2) is 100 Å². The van der Waals surface area contributed by atoms with Gasteiger partial charge in [0.15, 0.2) is 0 Å². The first-order valence-electron chi connectivity index (χ1n) is 12.3. The molecule has 6 rings (SSSR count). The second-order valence-corrected chi connectivity index (χ2v) is 9.30. The summed E-state index contributed by atoms with van der Waals surface area (Å²) in [5, 5.41) is 3.22. The lowest BCUT2D eigenvalue weighted by Crippen LogP contribution is -2.31. The van der Waals surface area contributed by atoms with E-state index in [-0.39, 0.29) is 5.63 Å². The van der Waals surface area contributed by atoms with Gasteiger partial charge in [-0.2, -0.15) is 0 Å². The summed E-state index contributed by atoms with van der Waals surface area (Å²) in [5.74, 6) is 0. The zero-order valence-electron chi connectivity index (χ0n) is 20.3. The summed E-state index contributed by atoms with van der Waals surface area (Å²) >= 11 is 0. The number of hydrogen-bond acceptors (Lipinski definition) is 2. The fraction of sp³-hybridized carbons (Fsp3) is 0.194. The zero-order chi connectivity index (χ0) is 24.2. The Morgan fingerprint density at radius 3 is 1.80 bits per heavy atom. The van der Waals surface area contributed by atoms with E-state index in [1.54, 1.807) is 0 Å². The molecule has 0 aliphatic heterocycles. The number of rotatable bonds is 5. The molecule has 0 atom stereocenters. The van der Waals surface area contributed by atoms with Crippen LogP contribution in [0.25, 0.3) is 32.8 Å². The summed E-state index contributed by atoms with van der Waals surface area (Å²) in [7, 11) is 0. The summed E-state index contributed by atoms with van der Waals surface area (Å²) in [6.45, 7) is 8.18. The highest BCUT2D eigenvalue weighted by atomic mass is 16.4. The third-order valence-corrected chi connectivity index (χ3v) is 7.52. The Labute approximate surface area is 204 Å². The quantitative estimate of drug-likeness (QED) is 0.258. The van der Waals surface area contributed by atoms with Gasteiger partial charge < -0.3 is 13.6 Å². The molecule has 0 unspecified atom stereocenters. The Bertz CT molecular complexity index is 1680. The maximum absolute atomic E-state index is 13.7. The fourth-order valence-electron chi connectivity index (χ4n) is 5.66. The minimum absolute atomic E-state index is 0.298. The molecule has 174 valence electrons. The van der Waals surface area contributed by atoms with Crippen LogP contribution in [0.3, 0.4) is 0 Å². The molecule has 3 aromatic heterocycles. The molecule has 0 amide bonds. The average molecular weight is 461 g/mol. The van der Waals surface area contributed by atoms with Gasteiger partial charge in [-0.25, -0.2) is 4.79 Å². The molecule has 0 bridgehead atoms. The first-order chi connectivity index (χ1) is 17.1. The van der Waals surface area contributed by atoms with E-state index in [1.807, 2.05) is 30.3 Å². The van der Waals surface area contributed by atoms with Crippen LogP contribution in [0.2, 0.25) is 0 Å². The summed E-state index contributed by atoms with van der Waals surface area (Å²) in [6, 6.07) is 26.7. The second kappa shape index (κ2) is 8.02. The normalized spacial score (nSPS) is 12.2. The van der Waals surface area contributed by atoms with E-state index in [4.69, 9.17) is 4.42 Å². The van der Waals surface area contributed by atoms with Crippen molar-refractivity contribution in [3.8, 4) is 0 Å². The number of hydrogen-bond donors (Lipinski definition) is 0. The van der Waals surface area contributed by atoms with Crippen LogP contribution in [0, 0.1) is 0 Å². The van der Waals surface area contributed by atoms with Gasteiger partial charge in [-0.3, -0.25) is 0 Å². The number of nitrogens with zero attached hydrogens (tertiary/aromatic N) is 2. The Morgan fingerprint density at radius 2 is 1.23 bits per heavy atom. The number of benzene rings is 3. The third kappa shape index (κ3) is 3.09. The second-order valence-electron chi connectivity index (χ2n) is 9.30. The lowest BCUT2D eigenvalue weighted by atomic mass is 9.71. The molecule has 0 saturated heterocycles. The van der Waals surface area contributed by atoms with Gasteiger partial charge in [0, 0.05) is 52.7 Å². The maximum Gasteiger partial charge on any atom is 0.340 e. The Hall–Kier alpha value is -4.05. The van der Waals surface area contributed by atoms with Gasteiger partial charge in [0.2, 0.25) is 0 Å². The predicted octanol–water partition coefficient (Wildman–Crippen LogP) is 7.10. The van der Waals surface area contributed by atoms with Gasteiger partial charge in [-0.05, 0) is 56.2 Å². The molecule has 0 fully saturated rings. The number of para-hydroxylation sites is 3. The zero-order valence-corrected chi connectivity index (χ0v) is 20.3. The van der Waals surface area contributed by atoms with Crippen molar-refractivity contribution in [2.24, 2.45) is 0 Å². The van der Waals surface area contributed by atoms with Crippen LogP contribution < -0.4 is 5.63 Å². The summed E-state index contributed by atoms with van der Waals surface area (Å²) < 4.78 is 10.4. The van der Waals surface area contributed by atoms with Crippen LogP contribution in [0.5, 0.6) is 0 Å². The monoisotopic (exact) mass is 460 g/mol. The summed E-state index contributed by atoms with van der Waals surface area (Å²) in [4.78, 5) is 13.7. The molecule has 3 heterocycles. The molecule has 0 spiro atoms. The van der Waals surface area contributed by atoms with Crippen molar-refractivity contribution in [1.29, 1.82) is 0 Å². The van der Waals surface area contributed by atoms with Gasteiger partial charge in [-0.15, -0.1) is 0 Å². The lowest BCUT2D eigenvalue weighted by molar-refractivity contribution is 0.529. The highest BCUT2D eigenvalue weighted by molar-refractivity contribution is 5.91. The third-order valence-electron chi connectivity index (χ3n) is 7.52. The minimum Gasteiger partial charge on any atom is -0.422 e. The molecule has 0 aliphatic rings. The van der Waals surface area contributed by atoms with Crippen molar-refractivity contribution in [2.75, 3.05) is 0 Å². The van der Waals surface area contributed by atoms with E-state index in [2.05, 4.69) is 90.8 Å². The van der Waals surface area contributed by atoms with Crippen molar-refractivity contribution >= 4 is 32.8 Å². The topological polar surface area (TPSA) is 40.1 Å². The van der Waals surface area contributed by atoms with Crippen LogP contribution in [0.1, 0.15) is 37.5 Å². The number of aromatic nitrogens is 2. The Kier molecular flexibility index (Phi) is 4.92. The molecule has 4 nitrogen and oxygen atoms in total. The maximum atomic E-state index is 13.7. The average Bonchev–Trinajstić information content (AvgIpc) is 3.47. The SMILES string of the molecule is CCn1cc(C(C)(c2cc3ccccc3oc2=O)c2cn(CC)c3ccccc23)c2ccccc21. The van der Waals surface area contributed by atoms with E-state index >= 15 is 0 Å². The van der Waals surface area contributed by atoms with Crippen molar-refractivity contribution in [3.63, 3.8) is 0 Å². The van der Waals surface area contributed by atoms with E-state index in [1.165, 1.54) is 11.0 Å². The van der Waals surface area contributed by atoms with E-state index in [9.17, 15) is 4.79 Å². The smallest absolute Gasteiger partial charge is 0.340 e. The highest BCUT2D eigenvalue weighted by Crippen LogP contribution is 2.45.